The average Bonchev–Trinajstić information content (AvgIpc) is 2.20. The van der Waals surface area contributed by atoms with Gasteiger partial charge in [-0.2, -0.15) is 10.5 Å². The van der Waals surface area contributed by atoms with E-state index in [1.165, 1.54) is 0 Å². The van der Waals surface area contributed by atoms with Crippen LogP contribution in [0.15, 0.2) is 35.5 Å². The van der Waals surface area contributed by atoms with Crippen LogP contribution in [-0.4, -0.2) is 0 Å². The summed E-state index contributed by atoms with van der Waals surface area (Å²) in [7, 11) is 0. The van der Waals surface area contributed by atoms with Crippen molar-refractivity contribution in [1.29, 1.82) is 10.5 Å². The summed E-state index contributed by atoms with van der Waals surface area (Å²) in [5.74, 6) is 0. The molecule has 0 N–H and O–H groups in total. The van der Waals surface area contributed by atoms with E-state index in [9.17, 15) is 0 Å². The SMILES string of the molecule is C=CC1=CC(=C(C#N)C#N)CCC1. The van der Waals surface area contributed by atoms with E-state index < -0.39 is 0 Å². The van der Waals surface area contributed by atoms with Crippen molar-refractivity contribution in [2.45, 2.75) is 19.3 Å². The summed E-state index contributed by atoms with van der Waals surface area (Å²) >= 11 is 0. The summed E-state index contributed by atoms with van der Waals surface area (Å²) in [6.45, 7) is 3.67. The van der Waals surface area contributed by atoms with Crippen molar-refractivity contribution in [2.24, 2.45) is 0 Å². The van der Waals surface area contributed by atoms with Crippen LogP contribution in [0.4, 0.5) is 0 Å². The Morgan fingerprint density at radius 3 is 2.62 bits per heavy atom. The van der Waals surface area contributed by atoms with Gasteiger partial charge in [0.25, 0.3) is 0 Å². The monoisotopic (exact) mass is 170 g/mol. The Hall–Kier alpha value is -1.80. The van der Waals surface area contributed by atoms with Crippen molar-refractivity contribution in [3.05, 3.63) is 35.5 Å². The molecule has 0 amide bonds. The van der Waals surface area contributed by atoms with E-state index in [1.54, 1.807) is 6.08 Å². The Morgan fingerprint density at radius 1 is 1.38 bits per heavy atom. The zero-order valence-corrected chi connectivity index (χ0v) is 7.38. The van der Waals surface area contributed by atoms with Gasteiger partial charge in [-0.15, -0.1) is 0 Å². The van der Waals surface area contributed by atoms with E-state index in [0.29, 0.717) is 0 Å². The third-order valence-electron chi connectivity index (χ3n) is 2.08. The largest absolute Gasteiger partial charge is 0.192 e. The second kappa shape index (κ2) is 4.28. The summed E-state index contributed by atoms with van der Waals surface area (Å²) in [6, 6.07) is 3.81. The molecule has 0 fully saturated rings. The first-order valence-electron chi connectivity index (χ1n) is 4.18. The predicted octanol–water partition coefficient (Wildman–Crippen LogP) is 2.63. The Morgan fingerprint density at radius 2 is 2.08 bits per heavy atom. The number of hydrogen-bond donors (Lipinski definition) is 0. The number of nitrogens with zero attached hydrogens (tertiary/aromatic N) is 2. The van der Waals surface area contributed by atoms with E-state index in [4.69, 9.17) is 10.5 Å². The molecule has 1 rings (SSSR count). The molecule has 0 aromatic heterocycles. The van der Waals surface area contributed by atoms with Gasteiger partial charge in [0.2, 0.25) is 0 Å². The molecule has 0 atom stereocenters. The minimum Gasteiger partial charge on any atom is -0.192 e. The maximum absolute atomic E-state index is 8.65. The fraction of sp³-hybridized carbons (Fsp3) is 0.273. The maximum atomic E-state index is 8.65. The van der Waals surface area contributed by atoms with Crippen molar-refractivity contribution in [1.82, 2.24) is 0 Å². The molecule has 0 aliphatic heterocycles. The molecule has 0 heterocycles. The van der Waals surface area contributed by atoms with Crippen LogP contribution < -0.4 is 0 Å². The smallest absolute Gasteiger partial charge is 0.132 e. The summed E-state index contributed by atoms with van der Waals surface area (Å²) < 4.78 is 0. The van der Waals surface area contributed by atoms with E-state index in [-0.39, 0.29) is 5.57 Å². The minimum atomic E-state index is 0.235. The highest BCUT2D eigenvalue weighted by atomic mass is 14.3. The van der Waals surface area contributed by atoms with Gasteiger partial charge in [-0.05, 0) is 30.4 Å². The molecule has 13 heavy (non-hydrogen) atoms. The molecule has 1 aliphatic carbocycles. The first-order valence-corrected chi connectivity index (χ1v) is 4.18. The van der Waals surface area contributed by atoms with Crippen molar-refractivity contribution in [3.63, 3.8) is 0 Å². The Labute approximate surface area is 78.1 Å². The van der Waals surface area contributed by atoms with Gasteiger partial charge in [-0.3, -0.25) is 0 Å². The molecule has 1 aliphatic rings. The number of allylic oxidation sites excluding steroid dienone is 5. The fourth-order valence-corrected chi connectivity index (χ4v) is 1.38. The first kappa shape index (κ1) is 9.29. The lowest BCUT2D eigenvalue weighted by molar-refractivity contribution is 0.795. The van der Waals surface area contributed by atoms with Crippen molar-refractivity contribution >= 4 is 0 Å². The van der Waals surface area contributed by atoms with E-state index >= 15 is 0 Å². The molecular weight excluding hydrogens is 160 g/mol. The number of rotatable bonds is 1. The average molecular weight is 170 g/mol. The van der Waals surface area contributed by atoms with Gasteiger partial charge in [0.1, 0.15) is 17.7 Å². The summed E-state index contributed by atoms with van der Waals surface area (Å²) in [4.78, 5) is 0. The minimum absolute atomic E-state index is 0.235. The quantitative estimate of drug-likeness (QED) is 0.568. The van der Waals surface area contributed by atoms with Crippen LogP contribution >= 0.6 is 0 Å². The van der Waals surface area contributed by atoms with Gasteiger partial charge in [0.15, 0.2) is 0 Å². The topological polar surface area (TPSA) is 47.6 Å². The number of hydrogen-bond acceptors (Lipinski definition) is 2. The van der Waals surface area contributed by atoms with Crippen LogP contribution in [0.25, 0.3) is 0 Å². The van der Waals surface area contributed by atoms with Crippen LogP contribution in [-0.2, 0) is 0 Å². The standard InChI is InChI=1S/C11H10N2/c1-2-9-4-3-5-10(6-9)11(7-12)8-13/h2,6H,1,3-5H2. The molecule has 0 saturated heterocycles. The molecule has 0 unspecified atom stereocenters. The lowest BCUT2D eigenvalue weighted by atomic mass is 9.92. The van der Waals surface area contributed by atoms with Gasteiger partial charge >= 0.3 is 0 Å². The van der Waals surface area contributed by atoms with Crippen LogP contribution in [0.2, 0.25) is 0 Å². The van der Waals surface area contributed by atoms with Gasteiger partial charge in [0, 0.05) is 0 Å². The predicted molar refractivity (Wildman–Crippen MR) is 50.4 cm³/mol. The van der Waals surface area contributed by atoms with Crippen LogP contribution in [0.3, 0.4) is 0 Å². The molecule has 0 spiro atoms. The maximum Gasteiger partial charge on any atom is 0.132 e. The van der Waals surface area contributed by atoms with Gasteiger partial charge < -0.3 is 0 Å². The molecular formula is C11H10N2. The molecule has 2 heteroatoms. The summed E-state index contributed by atoms with van der Waals surface area (Å²) in [5, 5.41) is 17.3. The highest BCUT2D eigenvalue weighted by molar-refractivity contribution is 5.47. The molecule has 0 bridgehead atoms. The van der Waals surface area contributed by atoms with Crippen LogP contribution in [0, 0.1) is 22.7 Å². The Kier molecular flexibility index (Phi) is 3.06. The molecule has 0 aromatic carbocycles. The summed E-state index contributed by atoms with van der Waals surface area (Å²) in [6.07, 6.45) is 6.51. The Bertz CT molecular complexity index is 343. The second-order valence-corrected chi connectivity index (χ2v) is 2.90. The zero-order valence-electron chi connectivity index (χ0n) is 7.38. The van der Waals surface area contributed by atoms with Crippen LogP contribution in [0.1, 0.15) is 19.3 Å². The molecule has 64 valence electrons. The normalized spacial score (nSPS) is 15.2. The Balaban J connectivity index is 3.08. The van der Waals surface area contributed by atoms with Gasteiger partial charge in [-0.25, -0.2) is 0 Å². The molecule has 0 radical (unpaired) electrons. The van der Waals surface area contributed by atoms with Crippen molar-refractivity contribution < 1.29 is 0 Å². The molecule has 0 aromatic rings. The molecule has 2 nitrogen and oxygen atoms in total. The third kappa shape index (κ3) is 2.07. The lowest BCUT2D eigenvalue weighted by Gasteiger charge is -2.11. The van der Waals surface area contributed by atoms with E-state index in [2.05, 4.69) is 6.58 Å². The van der Waals surface area contributed by atoms with E-state index in [1.807, 2.05) is 18.2 Å². The third-order valence-corrected chi connectivity index (χ3v) is 2.08. The lowest BCUT2D eigenvalue weighted by Crippen LogP contribution is -1.95. The van der Waals surface area contributed by atoms with Crippen molar-refractivity contribution in [2.75, 3.05) is 0 Å². The second-order valence-electron chi connectivity index (χ2n) is 2.90. The van der Waals surface area contributed by atoms with E-state index in [0.717, 1.165) is 30.4 Å². The highest BCUT2D eigenvalue weighted by Gasteiger charge is 2.09. The molecule has 0 saturated carbocycles. The van der Waals surface area contributed by atoms with Crippen LogP contribution in [0.5, 0.6) is 0 Å². The summed E-state index contributed by atoms with van der Waals surface area (Å²) in [5.41, 5.74) is 2.20. The zero-order chi connectivity index (χ0) is 9.68. The fourth-order valence-electron chi connectivity index (χ4n) is 1.38. The van der Waals surface area contributed by atoms with Crippen molar-refractivity contribution in [3.8, 4) is 12.1 Å². The first-order chi connectivity index (χ1) is 6.31. The van der Waals surface area contributed by atoms with Gasteiger partial charge in [0.05, 0.1) is 0 Å². The highest BCUT2D eigenvalue weighted by Crippen LogP contribution is 2.24. The van der Waals surface area contributed by atoms with Gasteiger partial charge in [-0.1, -0.05) is 18.7 Å². The number of nitriles is 2.